The average molecular weight is 190 g/mol. The van der Waals surface area contributed by atoms with E-state index >= 15 is 0 Å². The van der Waals surface area contributed by atoms with E-state index in [1.54, 1.807) is 11.3 Å². The fourth-order valence-electron chi connectivity index (χ4n) is 1.09. The number of hydrogen-bond donors (Lipinski definition) is 0. The maximum atomic E-state index is 5.40. The van der Waals surface area contributed by atoms with Crippen molar-refractivity contribution in [1.29, 1.82) is 0 Å². The molecule has 2 heterocycles. The molecule has 0 saturated heterocycles. The highest BCUT2D eigenvalue weighted by atomic mass is 32.1. The van der Waals surface area contributed by atoms with Crippen LogP contribution in [0, 0.1) is 6.92 Å². The molecule has 0 saturated carbocycles. The molecule has 2 aromatic rings. The van der Waals surface area contributed by atoms with Crippen molar-refractivity contribution >= 4 is 23.5 Å². The van der Waals surface area contributed by atoms with Gasteiger partial charge >= 0.3 is 0 Å². The molecule has 0 unspecified atom stereocenters. The number of thiophene rings is 1. The van der Waals surface area contributed by atoms with Gasteiger partial charge in [-0.1, -0.05) is 6.07 Å². The fraction of sp³-hybridized carbons (Fsp3) is 0.0909. The Bertz CT molecular complexity index is 395. The van der Waals surface area contributed by atoms with Crippen LogP contribution in [0.25, 0.3) is 12.2 Å². The Morgan fingerprint density at radius 1 is 1.23 bits per heavy atom. The molecule has 1 nitrogen and oxygen atoms in total. The lowest BCUT2D eigenvalue weighted by Gasteiger charge is -1.84. The summed E-state index contributed by atoms with van der Waals surface area (Å²) in [7, 11) is 0. The second-order valence-electron chi connectivity index (χ2n) is 2.80. The summed E-state index contributed by atoms with van der Waals surface area (Å²) in [5.74, 6) is 1.86. The van der Waals surface area contributed by atoms with Crippen molar-refractivity contribution < 1.29 is 4.42 Å². The Balaban J connectivity index is 2.14. The third kappa shape index (κ3) is 2.10. The van der Waals surface area contributed by atoms with Gasteiger partial charge in [0.1, 0.15) is 11.5 Å². The molecule has 2 aromatic heterocycles. The summed E-state index contributed by atoms with van der Waals surface area (Å²) in [5, 5.41) is 2.06. The van der Waals surface area contributed by atoms with Crippen molar-refractivity contribution in [3.63, 3.8) is 0 Å². The Labute approximate surface area is 81.3 Å². The molecule has 66 valence electrons. The first-order valence-corrected chi connectivity index (χ1v) is 5.00. The molecule has 0 aromatic carbocycles. The van der Waals surface area contributed by atoms with E-state index in [-0.39, 0.29) is 0 Å². The van der Waals surface area contributed by atoms with Crippen LogP contribution >= 0.6 is 11.3 Å². The minimum absolute atomic E-state index is 0.908. The highest BCUT2D eigenvalue weighted by molar-refractivity contribution is 7.10. The van der Waals surface area contributed by atoms with Gasteiger partial charge in [0.05, 0.1) is 0 Å². The standard InChI is InChI=1S/C11H10OS/c1-9-4-5-10(12-9)6-7-11-3-2-8-13-11/h2-8H,1H3/b7-6-. The van der Waals surface area contributed by atoms with E-state index in [0.29, 0.717) is 0 Å². The van der Waals surface area contributed by atoms with E-state index in [2.05, 4.69) is 17.5 Å². The first-order valence-electron chi connectivity index (χ1n) is 4.12. The molecular weight excluding hydrogens is 180 g/mol. The van der Waals surface area contributed by atoms with Gasteiger partial charge in [0.25, 0.3) is 0 Å². The predicted molar refractivity (Wildman–Crippen MR) is 56.7 cm³/mol. The number of hydrogen-bond acceptors (Lipinski definition) is 2. The summed E-state index contributed by atoms with van der Waals surface area (Å²) in [6.45, 7) is 1.95. The maximum absolute atomic E-state index is 5.40. The molecule has 0 bridgehead atoms. The van der Waals surface area contributed by atoms with Crippen LogP contribution in [0.3, 0.4) is 0 Å². The molecule has 0 aliphatic heterocycles. The smallest absolute Gasteiger partial charge is 0.127 e. The van der Waals surface area contributed by atoms with Crippen LogP contribution in [-0.4, -0.2) is 0 Å². The first kappa shape index (κ1) is 8.32. The van der Waals surface area contributed by atoms with Crippen LogP contribution in [0.4, 0.5) is 0 Å². The molecule has 0 atom stereocenters. The first-order chi connectivity index (χ1) is 6.34. The predicted octanol–water partition coefficient (Wildman–Crippen LogP) is 3.82. The van der Waals surface area contributed by atoms with Crippen molar-refractivity contribution in [2.24, 2.45) is 0 Å². The SMILES string of the molecule is Cc1ccc(/C=C\c2cccs2)o1. The van der Waals surface area contributed by atoms with Gasteiger partial charge < -0.3 is 4.42 Å². The molecule has 2 rings (SSSR count). The van der Waals surface area contributed by atoms with E-state index in [1.807, 2.05) is 31.2 Å². The van der Waals surface area contributed by atoms with Crippen molar-refractivity contribution in [3.05, 3.63) is 46.0 Å². The molecule has 0 amide bonds. The summed E-state index contributed by atoms with van der Waals surface area (Å²) in [6, 6.07) is 8.06. The van der Waals surface area contributed by atoms with Crippen molar-refractivity contribution in [2.45, 2.75) is 6.92 Å². The molecule has 0 N–H and O–H groups in total. The van der Waals surface area contributed by atoms with Gasteiger partial charge in [0, 0.05) is 4.88 Å². The summed E-state index contributed by atoms with van der Waals surface area (Å²) < 4.78 is 5.40. The summed E-state index contributed by atoms with van der Waals surface area (Å²) in [4.78, 5) is 1.24. The van der Waals surface area contributed by atoms with Crippen LogP contribution in [0.2, 0.25) is 0 Å². The molecule has 0 aliphatic carbocycles. The molecule has 0 spiro atoms. The van der Waals surface area contributed by atoms with E-state index in [4.69, 9.17) is 4.42 Å². The lowest BCUT2D eigenvalue weighted by atomic mass is 10.3. The Morgan fingerprint density at radius 3 is 2.77 bits per heavy atom. The van der Waals surface area contributed by atoms with E-state index in [1.165, 1.54) is 4.88 Å². The second kappa shape index (κ2) is 3.62. The topological polar surface area (TPSA) is 13.1 Å². The molecule has 13 heavy (non-hydrogen) atoms. The quantitative estimate of drug-likeness (QED) is 0.701. The fourth-order valence-corrected chi connectivity index (χ4v) is 1.71. The zero-order chi connectivity index (χ0) is 9.10. The minimum Gasteiger partial charge on any atom is -0.462 e. The van der Waals surface area contributed by atoms with Crippen LogP contribution < -0.4 is 0 Å². The number of rotatable bonds is 2. The molecule has 0 aliphatic rings. The second-order valence-corrected chi connectivity index (χ2v) is 3.78. The Morgan fingerprint density at radius 2 is 2.15 bits per heavy atom. The average Bonchev–Trinajstić information content (AvgIpc) is 2.71. The molecular formula is C11H10OS. The van der Waals surface area contributed by atoms with Crippen LogP contribution in [0.15, 0.2) is 34.1 Å². The highest BCUT2D eigenvalue weighted by Gasteiger charge is 1.92. The van der Waals surface area contributed by atoms with Gasteiger partial charge in [0.2, 0.25) is 0 Å². The lowest BCUT2D eigenvalue weighted by Crippen LogP contribution is -1.60. The lowest BCUT2D eigenvalue weighted by molar-refractivity contribution is 0.525. The zero-order valence-electron chi connectivity index (χ0n) is 7.36. The molecule has 0 fully saturated rings. The van der Waals surface area contributed by atoms with Gasteiger partial charge in [-0.05, 0) is 42.7 Å². The summed E-state index contributed by atoms with van der Waals surface area (Å²) in [5.41, 5.74) is 0. The van der Waals surface area contributed by atoms with Gasteiger partial charge in [-0.25, -0.2) is 0 Å². The number of aryl methyl sites for hydroxylation is 1. The van der Waals surface area contributed by atoms with E-state index in [9.17, 15) is 0 Å². The minimum atomic E-state index is 0.908. The third-order valence-corrected chi connectivity index (χ3v) is 2.55. The third-order valence-electron chi connectivity index (χ3n) is 1.72. The Hall–Kier alpha value is -1.28. The highest BCUT2D eigenvalue weighted by Crippen LogP contribution is 2.14. The molecule has 2 heteroatoms. The summed E-state index contributed by atoms with van der Waals surface area (Å²) in [6.07, 6.45) is 4.04. The largest absolute Gasteiger partial charge is 0.462 e. The van der Waals surface area contributed by atoms with Crippen molar-refractivity contribution in [3.8, 4) is 0 Å². The zero-order valence-corrected chi connectivity index (χ0v) is 8.17. The molecule has 0 radical (unpaired) electrons. The normalized spacial score (nSPS) is 11.2. The van der Waals surface area contributed by atoms with E-state index < -0.39 is 0 Å². The monoisotopic (exact) mass is 190 g/mol. The summed E-state index contributed by atoms with van der Waals surface area (Å²) >= 11 is 1.72. The van der Waals surface area contributed by atoms with Crippen LogP contribution in [-0.2, 0) is 0 Å². The van der Waals surface area contributed by atoms with Gasteiger partial charge in [-0.2, -0.15) is 0 Å². The van der Waals surface area contributed by atoms with Crippen molar-refractivity contribution in [2.75, 3.05) is 0 Å². The van der Waals surface area contributed by atoms with Crippen LogP contribution in [0.5, 0.6) is 0 Å². The van der Waals surface area contributed by atoms with Gasteiger partial charge in [0.15, 0.2) is 0 Å². The number of furan rings is 1. The van der Waals surface area contributed by atoms with E-state index in [0.717, 1.165) is 11.5 Å². The maximum Gasteiger partial charge on any atom is 0.127 e. The van der Waals surface area contributed by atoms with Crippen LogP contribution in [0.1, 0.15) is 16.4 Å². The van der Waals surface area contributed by atoms with Gasteiger partial charge in [-0.3, -0.25) is 0 Å². The Kier molecular flexibility index (Phi) is 2.32. The van der Waals surface area contributed by atoms with Gasteiger partial charge in [-0.15, -0.1) is 11.3 Å². The van der Waals surface area contributed by atoms with Crippen molar-refractivity contribution in [1.82, 2.24) is 0 Å².